The van der Waals surface area contributed by atoms with Gasteiger partial charge in [-0.1, -0.05) is 29.8 Å². The van der Waals surface area contributed by atoms with E-state index in [4.69, 9.17) is 21.1 Å². The van der Waals surface area contributed by atoms with Crippen LogP contribution in [-0.4, -0.2) is 25.8 Å². The van der Waals surface area contributed by atoms with Crippen LogP contribution in [0.5, 0.6) is 11.5 Å². The third-order valence-electron chi connectivity index (χ3n) is 3.31. The standard InChI is InChI=1S/C18H19ClN2O3/c1-4-24-17-15(19)9-13(10-16(17)23-3)11-20-21-18(22)14-8-6-5-7-12(14)2/h5-11H,4H2,1-3H3,(H,21,22)/b20-11-. The molecule has 1 N–H and O–H groups in total. The van der Waals surface area contributed by atoms with E-state index in [9.17, 15) is 4.79 Å². The number of amides is 1. The Bertz CT molecular complexity index is 760. The number of nitrogens with zero attached hydrogens (tertiary/aromatic N) is 1. The van der Waals surface area contributed by atoms with Crippen LogP contribution in [0.25, 0.3) is 0 Å². The molecule has 24 heavy (non-hydrogen) atoms. The van der Waals surface area contributed by atoms with Crippen LogP contribution in [0.4, 0.5) is 0 Å². The number of hydrazone groups is 1. The molecule has 0 aliphatic heterocycles. The van der Waals surface area contributed by atoms with Gasteiger partial charge in [0, 0.05) is 5.56 Å². The zero-order chi connectivity index (χ0) is 17.5. The fourth-order valence-corrected chi connectivity index (χ4v) is 2.43. The Hall–Kier alpha value is -2.53. The molecule has 0 bridgehead atoms. The Balaban J connectivity index is 2.13. The molecule has 0 heterocycles. The van der Waals surface area contributed by atoms with Crippen LogP contribution in [0.3, 0.4) is 0 Å². The summed E-state index contributed by atoms with van der Waals surface area (Å²) in [5, 5.41) is 4.39. The summed E-state index contributed by atoms with van der Waals surface area (Å²) in [7, 11) is 1.54. The molecule has 2 aromatic rings. The van der Waals surface area contributed by atoms with E-state index in [1.807, 2.05) is 32.0 Å². The minimum atomic E-state index is -0.270. The van der Waals surface area contributed by atoms with Gasteiger partial charge in [-0.2, -0.15) is 5.10 Å². The lowest BCUT2D eigenvalue weighted by Gasteiger charge is -2.11. The average Bonchev–Trinajstić information content (AvgIpc) is 2.57. The first-order valence-electron chi connectivity index (χ1n) is 7.46. The summed E-state index contributed by atoms with van der Waals surface area (Å²) in [4.78, 5) is 12.1. The van der Waals surface area contributed by atoms with Gasteiger partial charge in [0.25, 0.3) is 5.91 Å². The van der Waals surface area contributed by atoms with E-state index in [0.29, 0.717) is 34.3 Å². The van der Waals surface area contributed by atoms with Crippen molar-refractivity contribution >= 4 is 23.7 Å². The number of aryl methyl sites for hydroxylation is 1. The molecule has 0 spiro atoms. The van der Waals surface area contributed by atoms with Crippen LogP contribution in [0.1, 0.15) is 28.4 Å². The van der Waals surface area contributed by atoms with E-state index in [-0.39, 0.29) is 5.91 Å². The molecule has 126 valence electrons. The maximum atomic E-state index is 12.1. The maximum absolute atomic E-state index is 12.1. The van der Waals surface area contributed by atoms with Crippen LogP contribution in [-0.2, 0) is 0 Å². The number of hydrogen-bond acceptors (Lipinski definition) is 4. The fourth-order valence-electron chi connectivity index (χ4n) is 2.15. The molecular formula is C18H19ClN2O3. The summed E-state index contributed by atoms with van der Waals surface area (Å²) in [5.74, 6) is 0.729. The smallest absolute Gasteiger partial charge is 0.271 e. The quantitative estimate of drug-likeness (QED) is 0.639. The van der Waals surface area contributed by atoms with Crippen molar-refractivity contribution in [2.75, 3.05) is 13.7 Å². The zero-order valence-corrected chi connectivity index (χ0v) is 14.6. The van der Waals surface area contributed by atoms with E-state index >= 15 is 0 Å². The van der Waals surface area contributed by atoms with Gasteiger partial charge in [0.2, 0.25) is 0 Å². The van der Waals surface area contributed by atoms with Gasteiger partial charge in [-0.05, 0) is 43.2 Å². The van der Waals surface area contributed by atoms with E-state index in [1.165, 1.54) is 13.3 Å². The van der Waals surface area contributed by atoms with Crippen LogP contribution in [0.2, 0.25) is 5.02 Å². The first-order valence-corrected chi connectivity index (χ1v) is 7.84. The van der Waals surface area contributed by atoms with Crippen molar-refractivity contribution in [3.8, 4) is 11.5 Å². The highest BCUT2D eigenvalue weighted by atomic mass is 35.5. The third-order valence-corrected chi connectivity index (χ3v) is 3.59. The van der Waals surface area contributed by atoms with Crippen molar-refractivity contribution in [3.05, 3.63) is 58.1 Å². The second-order valence-corrected chi connectivity index (χ2v) is 5.39. The lowest BCUT2D eigenvalue weighted by Crippen LogP contribution is -2.18. The number of methoxy groups -OCH3 is 1. The molecular weight excluding hydrogens is 328 g/mol. The number of halogens is 1. The van der Waals surface area contributed by atoms with Crippen molar-refractivity contribution in [1.82, 2.24) is 5.43 Å². The van der Waals surface area contributed by atoms with Gasteiger partial charge in [-0.25, -0.2) is 5.43 Å². The summed E-state index contributed by atoms with van der Waals surface area (Å²) < 4.78 is 10.7. The molecule has 0 unspecified atom stereocenters. The predicted octanol–water partition coefficient (Wildman–Crippen LogP) is 3.82. The minimum Gasteiger partial charge on any atom is -0.493 e. The Morgan fingerprint density at radius 1 is 1.33 bits per heavy atom. The Morgan fingerprint density at radius 3 is 2.75 bits per heavy atom. The van der Waals surface area contributed by atoms with Crippen molar-refractivity contribution in [2.45, 2.75) is 13.8 Å². The highest BCUT2D eigenvalue weighted by Crippen LogP contribution is 2.35. The summed E-state index contributed by atoms with van der Waals surface area (Å²) in [5.41, 5.74) is 4.65. The monoisotopic (exact) mass is 346 g/mol. The molecule has 0 radical (unpaired) electrons. The summed E-state index contributed by atoms with van der Waals surface area (Å²) in [6.07, 6.45) is 1.50. The van der Waals surface area contributed by atoms with Crippen molar-refractivity contribution in [1.29, 1.82) is 0 Å². The van der Waals surface area contributed by atoms with Gasteiger partial charge in [-0.3, -0.25) is 4.79 Å². The van der Waals surface area contributed by atoms with Crippen molar-refractivity contribution < 1.29 is 14.3 Å². The summed E-state index contributed by atoms with van der Waals surface area (Å²) >= 11 is 6.20. The molecule has 5 nitrogen and oxygen atoms in total. The maximum Gasteiger partial charge on any atom is 0.271 e. The normalized spacial score (nSPS) is 10.7. The Morgan fingerprint density at radius 2 is 2.08 bits per heavy atom. The van der Waals surface area contributed by atoms with Crippen molar-refractivity contribution in [2.24, 2.45) is 5.10 Å². The molecule has 0 saturated heterocycles. The van der Waals surface area contributed by atoms with Crippen LogP contribution >= 0.6 is 11.6 Å². The van der Waals surface area contributed by atoms with Gasteiger partial charge in [0.1, 0.15) is 0 Å². The van der Waals surface area contributed by atoms with Crippen LogP contribution in [0.15, 0.2) is 41.5 Å². The number of nitrogens with one attached hydrogen (secondary N) is 1. The molecule has 2 aromatic carbocycles. The number of benzene rings is 2. The largest absolute Gasteiger partial charge is 0.493 e. The highest BCUT2D eigenvalue weighted by Gasteiger charge is 2.11. The topological polar surface area (TPSA) is 59.9 Å². The molecule has 6 heteroatoms. The van der Waals surface area contributed by atoms with Crippen LogP contribution in [0, 0.1) is 6.92 Å². The molecule has 0 aliphatic rings. The van der Waals surface area contributed by atoms with Crippen molar-refractivity contribution in [3.63, 3.8) is 0 Å². The lowest BCUT2D eigenvalue weighted by atomic mass is 10.1. The Kier molecular flexibility index (Phi) is 6.21. The van der Waals surface area contributed by atoms with E-state index in [1.54, 1.807) is 18.2 Å². The van der Waals surface area contributed by atoms with Gasteiger partial charge in [0.15, 0.2) is 11.5 Å². The average molecular weight is 347 g/mol. The molecule has 0 fully saturated rings. The lowest BCUT2D eigenvalue weighted by molar-refractivity contribution is 0.0954. The second-order valence-electron chi connectivity index (χ2n) is 4.98. The van der Waals surface area contributed by atoms with Gasteiger partial charge in [-0.15, -0.1) is 0 Å². The minimum absolute atomic E-state index is 0.270. The molecule has 1 amide bonds. The number of carbonyl (C=O) groups is 1. The molecule has 0 saturated carbocycles. The summed E-state index contributed by atoms with van der Waals surface area (Å²) in [6, 6.07) is 10.7. The van der Waals surface area contributed by atoms with Gasteiger partial charge in [0.05, 0.1) is 25.0 Å². The van der Waals surface area contributed by atoms with Gasteiger partial charge < -0.3 is 9.47 Å². The van der Waals surface area contributed by atoms with E-state index < -0.39 is 0 Å². The highest BCUT2D eigenvalue weighted by molar-refractivity contribution is 6.32. The number of carbonyl (C=O) groups excluding carboxylic acids is 1. The number of hydrogen-bond donors (Lipinski definition) is 1. The third kappa shape index (κ3) is 4.26. The first-order chi connectivity index (χ1) is 11.6. The number of rotatable bonds is 6. The van der Waals surface area contributed by atoms with Crippen LogP contribution < -0.4 is 14.9 Å². The molecule has 0 aromatic heterocycles. The van der Waals surface area contributed by atoms with Gasteiger partial charge >= 0.3 is 0 Å². The fraction of sp³-hybridized carbons (Fsp3) is 0.222. The second kappa shape index (κ2) is 8.36. The Labute approximate surface area is 146 Å². The molecule has 0 aliphatic carbocycles. The SMILES string of the molecule is CCOc1c(Cl)cc(/C=N\NC(=O)c2ccccc2C)cc1OC. The summed E-state index contributed by atoms with van der Waals surface area (Å²) in [6.45, 7) is 4.22. The van der Waals surface area contributed by atoms with E-state index in [0.717, 1.165) is 5.56 Å². The first kappa shape index (κ1) is 17.8. The van der Waals surface area contributed by atoms with E-state index in [2.05, 4.69) is 10.5 Å². The molecule has 2 rings (SSSR count). The number of ether oxygens (including phenoxy) is 2. The zero-order valence-electron chi connectivity index (χ0n) is 13.8. The predicted molar refractivity (Wildman–Crippen MR) is 95.4 cm³/mol. The molecule has 0 atom stereocenters.